The van der Waals surface area contributed by atoms with Crippen LogP contribution < -0.4 is 4.74 Å². The van der Waals surface area contributed by atoms with Crippen molar-refractivity contribution < 1.29 is 9.84 Å². The van der Waals surface area contributed by atoms with Gasteiger partial charge < -0.3 is 9.84 Å². The van der Waals surface area contributed by atoms with Crippen LogP contribution in [0, 0.1) is 13.8 Å². The van der Waals surface area contributed by atoms with Crippen LogP contribution in [0.4, 0.5) is 0 Å². The molecular formula is C16H17ClO2. The summed E-state index contributed by atoms with van der Waals surface area (Å²) >= 11 is 5.88. The molecule has 0 spiro atoms. The van der Waals surface area contributed by atoms with Crippen molar-refractivity contribution >= 4 is 11.6 Å². The highest BCUT2D eigenvalue weighted by Gasteiger charge is 2.11. The molecule has 1 atom stereocenters. The fraction of sp³-hybridized carbons (Fsp3) is 0.250. The highest BCUT2D eigenvalue weighted by Crippen LogP contribution is 2.22. The smallest absolute Gasteiger partial charge is 0.120 e. The summed E-state index contributed by atoms with van der Waals surface area (Å²) in [6, 6.07) is 13.1. The van der Waals surface area contributed by atoms with E-state index >= 15 is 0 Å². The predicted octanol–water partition coefficient (Wildman–Crippen LogP) is 4.07. The van der Waals surface area contributed by atoms with Crippen molar-refractivity contribution in [3.05, 3.63) is 64.2 Å². The average Bonchev–Trinajstić information content (AvgIpc) is 2.36. The van der Waals surface area contributed by atoms with E-state index in [-0.39, 0.29) is 6.61 Å². The minimum absolute atomic E-state index is 0.213. The van der Waals surface area contributed by atoms with Crippen molar-refractivity contribution in [3.63, 3.8) is 0 Å². The van der Waals surface area contributed by atoms with Gasteiger partial charge in [0.2, 0.25) is 0 Å². The van der Waals surface area contributed by atoms with Crippen LogP contribution in [-0.2, 0) is 0 Å². The van der Waals surface area contributed by atoms with Crippen molar-refractivity contribution in [2.45, 2.75) is 20.0 Å². The van der Waals surface area contributed by atoms with Gasteiger partial charge in [0, 0.05) is 5.02 Å². The number of hydrogen-bond acceptors (Lipinski definition) is 2. The van der Waals surface area contributed by atoms with Crippen LogP contribution in [0.5, 0.6) is 5.75 Å². The molecular weight excluding hydrogens is 260 g/mol. The third-order valence-electron chi connectivity index (χ3n) is 2.99. The number of aliphatic hydroxyl groups excluding tert-OH is 1. The van der Waals surface area contributed by atoms with Gasteiger partial charge in [-0.15, -0.1) is 0 Å². The van der Waals surface area contributed by atoms with E-state index in [1.54, 1.807) is 12.1 Å². The summed E-state index contributed by atoms with van der Waals surface area (Å²) < 4.78 is 5.55. The van der Waals surface area contributed by atoms with Crippen molar-refractivity contribution in [2.75, 3.05) is 6.61 Å². The Balaban J connectivity index is 2.03. The number of aryl methyl sites for hydroxylation is 2. The van der Waals surface area contributed by atoms with Gasteiger partial charge in [-0.25, -0.2) is 0 Å². The number of benzene rings is 2. The fourth-order valence-corrected chi connectivity index (χ4v) is 2.20. The lowest BCUT2D eigenvalue weighted by molar-refractivity contribution is 0.107. The quantitative estimate of drug-likeness (QED) is 0.912. The molecule has 1 N–H and O–H groups in total. The fourth-order valence-electron chi connectivity index (χ4n) is 2.02. The van der Waals surface area contributed by atoms with E-state index in [0.717, 1.165) is 11.1 Å². The minimum atomic E-state index is -0.639. The molecule has 3 heteroatoms. The molecule has 0 saturated carbocycles. The van der Waals surface area contributed by atoms with Crippen molar-refractivity contribution in [1.29, 1.82) is 0 Å². The Hall–Kier alpha value is -1.51. The molecule has 0 aliphatic carbocycles. The monoisotopic (exact) mass is 276 g/mol. The first-order chi connectivity index (χ1) is 9.06. The van der Waals surface area contributed by atoms with Crippen molar-refractivity contribution in [3.8, 4) is 5.75 Å². The summed E-state index contributed by atoms with van der Waals surface area (Å²) in [5.74, 6) is 0.663. The Bertz CT molecular complexity index is 566. The Morgan fingerprint density at radius 1 is 1.16 bits per heavy atom. The summed E-state index contributed by atoms with van der Waals surface area (Å²) in [5, 5.41) is 10.8. The van der Waals surface area contributed by atoms with Gasteiger partial charge in [-0.2, -0.15) is 0 Å². The van der Waals surface area contributed by atoms with Crippen LogP contribution >= 0.6 is 11.6 Å². The Morgan fingerprint density at radius 3 is 2.63 bits per heavy atom. The topological polar surface area (TPSA) is 29.5 Å². The summed E-state index contributed by atoms with van der Waals surface area (Å²) in [7, 11) is 0. The summed E-state index contributed by atoms with van der Waals surface area (Å²) in [6.45, 7) is 4.24. The second kappa shape index (κ2) is 6.09. The van der Waals surface area contributed by atoms with E-state index in [1.807, 2.05) is 38.1 Å². The van der Waals surface area contributed by atoms with Crippen molar-refractivity contribution in [2.24, 2.45) is 0 Å². The molecule has 0 heterocycles. The molecule has 0 amide bonds. The Labute approximate surface area is 118 Å². The SMILES string of the molecule is Cc1ccc(C(O)COc2cccc(Cl)c2)c(C)c1. The molecule has 0 fully saturated rings. The van der Waals surface area contributed by atoms with E-state index < -0.39 is 6.10 Å². The molecule has 2 aromatic carbocycles. The standard InChI is InChI=1S/C16H17ClO2/c1-11-6-7-15(12(2)8-11)16(18)10-19-14-5-3-4-13(17)9-14/h3-9,16,18H,10H2,1-2H3. The van der Waals surface area contributed by atoms with Crippen LogP contribution in [0.2, 0.25) is 5.02 Å². The largest absolute Gasteiger partial charge is 0.490 e. The Morgan fingerprint density at radius 2 is 1.95 bits per heavy atom. The first kappa shape index (κ1) is 13.9. The predicted molar refractivity (Wildman–Crippen MR) is 77.8 cm³/mol. The van der Waals surface area contributed by atoms with Gasteiger partial charge in [-0.05, 0) is 43.2 Å². The molecule has 0 aliphatic heterocycles. The number of hydrogen-bond donors (Lipinski definition) is 1. The number of ether oxygens (including phenoxy) is 1. The molecule has 2 nitrogen and oxygen atoms in total. The second-order valence-corrected chi connectivity index (χ2v) is 5.08. The molecule has 1 unspecified atom stereocenters. The molecule has 0 bridgehead atoms. The maximum absolute atomic E-state index is 10.2. The van der Waals surface area contributed by atoms with Gasteiger partial charge >= 0.3 is 0 Å². The molecule has 2 aromatic rings. The van der Waals surface area contributed by atoms with Gasteiger partial charge in [0.15, 0.2) is 0 Å². The third-order valence-corrected chi connectivity index (χ3v) is 3.22. The van der Waals surface area contributed by atoms with Gasteiger partial charge in [0.1, 0.15) is 18.5 Å². The highest BCUT2D eigenvalue weighted by molar-refractivity contribution is 6.30. The van der Waals surface area contributed by atoms with Crippen LogP contribution in [-0.4, -0.2) is 11.7 Å². The zero-order valence-electron chi connectivity index (χ0n) is 11.1. The third kappa shape index (κ3) is 3.72. The van der Waals surface area contributed by atoms with Gasteiger partial charge in [0.05, 0.1) is 0 Å². The molecule has 0 saturated heterocycles. The van der Waals surface area contributed by atoms with Gasteiger partial charge in [-0.1, -0.05) is 41.4 Å². The summed E-state index contributed by atoms with van der Waals surface area (Å²) in [5.41, 5.74) is 3.15. The minimum Gasteiger partial charge on any atom is -0.490 e. The first-order valence-corrected chi connectivity index (χ1v) is 6.57. The normalized spacial score (nSPS) is 12.2. The van der Waals surface area contributed by atoms with E-state index in [9.17, 15) is 5.11 Å². The van der Waals surface area contributed by atoms with Crippen LogP contribution in [0.3, 0.4) is 0 Å². The zero-order valence-corrected chi connectivity index (χ0v) is 11.8. The van der Waals surface area contributed by atoms with E-state index in [2.05, 4.69) is 6.07 Å². The van der Waals surface area contributed by atoms with Gasteiger partial charge in [-0.3, -0.25) is 0 Å². The molecule has 19 heavy (non-hydrogen) atoms. The molecule has 0 aromatic heterocycles. The molecule has 2 rings (SSSR count). The van der Waals surface area contributed by atoms with Crippen LogP contribution in [0.25, 0.3) is 0 Å². The summed E-state index contributed by atoms with van der Waals surface area (Å²) in [6.07, 6.45) is -0.639. The zero-order chi connectivity index (χ0) is 13.8. The molecule has 100 valence electrons. The van der Waals surface area contributed by atoms with E-state index in [1.165, 1.54) is 5.56 Å². The van der Waals surface area contributed by atoms with Crippen LogP contribution in [0.15, 0.2) is 42.5 Å². The number of halogens is 1. The average molecular weight is 277 g/mol. The lowest BCUT2D eigenvalue weighted by Gasteiger charge is -2.15. The maximum atomic E-state index is 10.2. The molecule has 0 aliphatic rings. The number of aliphatic hydroxyl groups is 1. The van der Waals surface area contributed by atoms with Crippen LogP contribution in [0.1, 0.15) is 22.8 Å². The first-order valence-electron chi connectivity index (χ1n) is 6.20. The lowest BCUT2D eigenvalue weighted by Crippen LogP contribution is -2.11. The van der Waals surface area contributed by atoms with Gasteiger partial charge in [0.25, 0.3) is 0 Å². The van der Waals surface area contributed by atoms with E-state index in [4.69, 9.17) is 16.3 Å². The lowest BCUT2D eigenvalue weighted by atomic mass is 10.0. The number of rotatable bonds is 4. The maximum Gasteiger partial charge on any atom is 0.120 e. The second-order valence-electron chi connectivity index (χ2n) is 4.64. The summed E-state index contributed by atoms with van der Waals surface area (Å²) in [4.78, 5) is 0. The van der Waals surface area contributed by atoms with Crippen molar-refractivity contribution in [1.82, 2.24) is 0 Å². The van der Waals surface area contributed by atoms with E-state index in [0.29, 0.717) is 10.8 Å². The molecule has 0 radical (unpaired) electrons. The highest BCUT2D eigenvalue weighted by atomic mass is 35.5. The Kier molecular flexibility index (Phi) is 4.46.